The molecule has 3 rings (SSSR count). The average molecular weight is 280 g/mol. The molecule has 1 aliphatic heterocycles. The maximum Gasteiger partial charge on any atom is 0.127 e. The number of para-hydroxylation sites is 1. The van der Waals surface area contributed by atoms with E-state index in [1.807, 2.05) is 37.3 Å². The molecular formula is C17H16N2O2. The van der Waals surface area contributed by atoms with Gasteiger partial charge in [-0.25, -0.2) is 0 Å². The van der Waals surface area contributed by atoms with Crippen molar-refractivity contribution < 1.29 is 9.84 Å². The normalized spacial score (nSPS) is 21.8. The van der Waals surface area contributed by atoms with Crippen molar-refractivity contribution >= 4 is 0 Å². The summed E-state index contributed by atoms with van der Waals surface area (Å²) in [7, 11) is 0. The van der Waals surface area contributed by atoms with E-state index in [0.29, 0.717) is 12.1 Å². The molecule has 0 amide bonds. The number of benzene rings is 1. The maximum atomic E-state index is 10.6. The molecule has 1 aromatic heterocycles. The Bertz CT molecular complexity index is 691. The van der Waals surface area contributed by atoms with Gasteiger partial charge in [0.2, 0.25) is 0 Å². The largest absolute Gasteiger partial charge is 0.492 e. The fourth-order valence-electron chi connectivity index (χ4n) is 2.62. The lowest BCUT2D eigenvalue weighted by atomic mass is 9.75. The van der Waals surface area contributed by atoms with E-state index in [4.69, 9.17) is 4.74 Å². The second-order valence-electron chi connectivity index (χ2n) is 5.50. The van der Waals surface area contributed by atoms with Crippen molar-refractivity contribution in [3.63, 3.8) is 0 Å². The first-order valence-electron chi connectivity index (χ1n) is 6.87. The number of ether oxygens (including phenoxy) is 1. The number of aromatic nitrogens is 1. The molecule has 1 N–H and O–H groups in total. The Hall–Kier alpha value is -2.38. The van der Waals surface area contributed by atoms with Gasteiger partial charge in [-0.3, -0.25) is 4.98 Å². The van der Waals surface area contributed by atoms with E-state index in [9.17, 15) is 10.4 Å². The van der Waals surface area contributed by atoms with Gasteiger partial charge < -0.3 is 9.84 Å². The number of aryl methyl sites for hydroxylation is 1. The summed E-state index contributed by atoms with van der Waals surface area (Å²) in [6, 6.07) is 13.5. The van der Waals surface area contributed by atoms with Gasteiger partial charge in [0, 0.05) is 12.6 Å². The summed E-state index contributed by atoms with van der Waals surface area (Å²) < 4.78 is 5.69. The standard InChI is InChI=1S/C17H16N2O2/c1-12-6-7-14(19-9-12)16(20)17(10-18)8-13-4-2-3-5-15(13)21-11-17/h2-7,9,16,20H,8,11H2,1H3. The van der Waals surface area contributed by atoms with Gasteiger partial charge in [0.25, 0.3) is 0 Å². The van der Waals surface area contributed by atoms with Crippen molar-refractivity contribution in [1.82, 2.24) is 4.98 Å². The molecule has 1 aliphatic rings. The summed E-state index contributed by atoms with van der Waals surface area (Å²) in [5, 5.41) is 20.3. The molecule has 2 unspecified atom stereocenters. The Kier molecular flexibility index (Phi) is 3.36. The summed E-state index contributed by atoms with van der Waals surface area (Å²) in [4.78, 5) is 4.25. The molecule has 21 heavy (non-hydrogen) atoms. The molecule has 0 fully saturated rings. The molecule has 4 nitrogen and oxygen atoms in total. The predicted octanol–water partition coefficient (Wildman–Crippen LogP) is 2.57. The van der Waals surface area contributed by atoms with Gasteiger partial charge in [-0.1, -0.05) is 24.3 Å². The van der Waals surface area contributed by atoms with Crippen LogP contribution in [0.4, 0.5) is 0 Å². The second kappa shape index (κ2) is 5.19. The SMILES string of the molecule is Cc1ccc(C(O)C2(C#N)COc3ccccc3C2)nc1. The van der Waals surface area contributed by atoms with E-state index in [1.54, 1.807) is 12.3 Å². The lowest BCUT2D eigenvalue weighted by molar-refractivity contribution is 0.0144. The fourth-order valence-corrected chi connectivity index (χ4v) is 2.62. The minimum atomic E-state index is -1.00. The monoisotopic (exact) mass is 280 g/mol. The van der Waals surface area contributed by atoms with Crippen LogP contribution in [-0.2, 0) is 6.42 Å². The molecule has 0 radical (unpaired) electrons. The van der Waals surface area contributed by atoms with Crippen LogP contribution in [0.2, 0.25) is 0 Å². The van der Waals surface area contributed by atoms with Gasteiger partial charge in [-0.15, -0.1) is 0 Å². The second-order valence-corrected chi connectivity index (χ2v) is 5.50. The van der Waals surface area contributed by atoms with Crippen LogP contribution in [0.3, 0.4) is 0 Å². The Balaban J connectivity index is 1.95. The van der Waals surface area contributed by atoms with Gasteiger partial charge in [0.05, 0.1) is 11.8 Å². The van der Waals surface area contributed by atoms with Crippen molar-refractivity contribution in [2.24, 2.45) is 5.41 Å². The first-order chi connectivity index (χ1) is 10.1. The molecule has 0 aliphatic carbocycles. The molecule has 0 bridgehead atoms. The topological polar surface area (TPSA) is 66.1 Å². The first kappa shape index (κ1) is 13.6. The van der Waals surface area contributed by atoms with E-state index >= 15 is 0 Å². The zero-order valence-electron chi connectivity index (χ0n) is 11.8. The van der Waals surface area contributed by atoms with E-state index in [0.717, 1.165) is 16.9 Å². The minimum Gasteiger partial charge on any atom is -0.492 e. The van der Waals surface area contributed by atoms with Crippen molar-refractivity contribution in [2.45, 2.75) is 19.4 Å². The van der Waals surface area contributed by atoms with E-state index in [-0.39, 0.29) is 6.61 Å². The van der Waals surface area contributed by atoms with Crippen molar-refractivity contribution in [3.8, 4) is 11.8 Å². The van der Waals surface area contributed by atoms with Crippen LogP contribution < -0.4 is 4.74 Å². The summed E-state index contributed by atoms with van der Waals surface area (Å²) in [6.45, 7) is 2.10. The number of fused-ring (bicyclic) bond motifs is 1. The van der Waals surface area contributed by atoms with Crippen molar-refractivity contribution in [1.29, 1.82) is 5.26 Å². The zero-order valence-corrected chi connectivity index (χ0v) is 11.8. The van der Waals surface area contributed by atoms with Gasteiger partial charge in [-0.05, 0) is 30.2 Å². The lowest BCUT2D eigenvalue weighted by Crippen LogP contribution is -2.39. The highest BCUT2D eigenvalue weighted by Gasteiger charge is 2.44. The quantitative estimate of drug-likeness (QED) is 0.918. The van der Waals surface area contributed by atoms with Crippen LogP contribution in [0, 0.1) is 23.7 Å². The highest BCUT2D eigenvalue weighted by Crippen LogP contribution is 2.42. The van der Waals surface area contributed by atoms with Crippen LogP contribution in [0.5, 0.6) is 5.75 Å². The van der Waals surface area contributed by atoms with E-state index in [2.05, 4.69) is 11.1 Å². The zero-order chi connectivity index (χ0) is 14.9. The van der Waals surface area contributed by atoms with Gasteiger partial charge in [0.1, 0.15) is 23.9 Å². The van der Waals surface area contributed by atoms with Gasteiger partial charge >= 0.3 is 0 Å². The predicted molar refractivity (Wildman–Crippen MR) is 77.6 cm³/mol. The average Bonchev–Trinajstić information content (AvgIpc) is 2.54. The van der Waals surface area contributed by atoms with Crippen molar-refractivity contribution in [2.75, 3.05) is 6.61 Å². The highest BCUT2D eigenvalue weighted by molar-refractivity contribution is 5.38. The molecule has 0 saturated heterocycles. The summed E-state index contributed by atoms with van der Waals surface area (Å²) in [5.74, 6) is 0.785. The molecular weight excluding hydrogens is 264 g/mol. The van der Waals surface area contributed by atoms with Gasteiger partial charge in [0.15, 0.2) is 0 Å². The minimum absolute atomic E-state index is 0.164. The third kappa shape index (κ3) is 2.37. The third-order valence-corrected chi connectivity index (χ3v) is 3.92. The van der Waals surface area contributed by atoms with E-state index < -0.39 is 11.5 Å². The number of hydrogen-bond donors (Lipinski definition) is 1. The Morgan fingerprint density at radius 1 is 1.33 bits per heavy atom. The number of hydrogen-bond acceptors (Lipinski definition) is 4. The molecule has 4 heteroatoms. The smallest absolute Gasteiger partial charge is 0.127 e. The van der Waals surface area contributed by atoms with Crippen LogP contribution in [-0.4, -0.2) is 16.7 Å². The summed E-state index contributed by atoms with van der Waals surface area (Å²) in [5.41, 5.74) is 1.46. The number of rotatable bonds is 2. The van der Waals surface area contributed by atoms with Crippen LogP contribution in [0.15, 0.2) is 42.6 Å². The van der Waals surface area contributed by atoms with Crippen LogP contribution >= 0.6 is 0 Å². The summed E-state index contributed by atoms with van der Waals surface area (Å²) in [6.07, 6.45) is 1.17. The van der Waals surface area contributed by atoms with Gasteiger partial charge in [-0.2, -0.15) is 5.26 Å². The Morgan fingerprint density at radius 3 is 2.86 bits per heavy atom. The Morgan fingerprint density at radius 2 is 2.14 bits per heavy atom. The molecule has 2 heterocycles. The number of aliphatic hydroxyl groups is 1. The maximum absolute atomic E-state index is 10.6. The Labute approximate surface area is 123 Å². The summed E-state index contributed by atoms with van der Waals surface area (Å²) >= 11 is 0. The third-order valence-electron chi connectivity index (χ3n) is 3.92. The van der Waals surface area contributed by atoms with Crippen LogP contribution in [0.1, 0.15) is 22.9 Å². The molecule has 1 aromatic carbocycles. The number of pyridine rings is 1. The van der Waals surface area contributed by atoms with Crippen molar-refractivity contribution in [3.05, 3.63) is 59.4 Å². The van der Waals surface area contributed by atoms with Crippen LogP contribution in [0.25, 0.3) is 0 Å². The number of nitrogens with zero attached hydrogens (tertiary/aromatic N) is 2. The highest BCUT2D eigenvalue weighted by atomic mass is 16.5. The lowest BCUT2D eigenvalue weighted by Gasteiger charge is -2.35. The molecule has 106 valence electrons. The first-order valence-corrected chi connectivity index (χ1v) is 6.87. The fraction of sp³-hybridized carbons (Fsp3) is 0.294. The number of aliphatic hydroxyl groups excluding tert-OH is 1. The van der Waals surface area contributed by atoms with E-state index in [1.165, 1.54) is 0 Å². The molecule has 0 spiro atoms. The number of nitriles is 1. The molecule has 2 atom stereocenters. The molecule has 0 saturated carbocycles. The molecule has 2 aromatic rings.